The fourth-order valence-corrected chi connectivity index (χ4v) is 2.77. The number of nitrogens with zero attached hydrogens (tertiary/aromatic N) is 2. The molecule has 2 N–H and O–H groups in total. The van der Waals surface area contributed by atoms with Crippen LogP contribution in [0.1, 0.15) is 30.4 Å². The average molecular weight is 287 g/mol. The van der Waals surface area contributed by atoms with Gasteiger partial charge in [-0.25, -0.2) is 9.97 Å². The van der Waals surface area contributed by atoms with Crippen molar-refractivity contribution in [3.8, 4) is 0 Å². The molecule has 0 spiro atoms. The molecule has 0 aliphatic rings. The Hall–Kier alpha value is -1.39. The summed E-state index contributed by atoms with van der Waals surface area (Å²) in [6.45, 7) is 4.20. The third kappa shape index (κ3) is 4.62. The van der Waals surface area contributed by atoms with Crippen molar-refractivity contribution in [2.75, 3.05) is 0 Å². The second kappa shape index (κ2) is 7.41. The minimum absolute atomic E-state index is 0.183. The lowest BCUT2D eigenvalue weighted by atomic mass is 10.1. The Balaban J connectivity index is 1.97. The smallest absolute Gasteiger partial charge is 0.138 e. The van der Waals surface area contributed by atoms with Gasteiger partial charge in [0.05, 0.1) is 5.75 Å². The molecule has 2 rings (SSSR count). The van der Waals surface area contributed by atoms with Crippen LogP contribution in [0.2, 0.25) is 0 Å². The maximum atomic E-state index is 5.97. The molecule has 20 heavy (non-hydrogen) atoms. The molecular formula is C16H21N3S. The SMILES string of the molecule is CCC(N)Cc1ccnc(CSc2cccc(C)c2)n1. The zero-order valence-electron chi connectivity index (χ0n) is 12.0. The molecule has 3 nitrogen and oxygen atoms in total. The highest BCUT2D eigenvalue weighted by molar-refractivity contribution is 7.98. The normalized spacial score (nSPS) is 12.3. The van der Waals surface area contributed by atoms with Crippen LogP contribution in [0.5, 0.6) is 0 Å². The molecule has 106 valence electrons. The standard InChI is InChI=1S/C16H21N3S/c1-3-13(17)10-14-7-8-18-16(19-14)11-20-15-6-4-5-12(2)9-15/h4-9,13H,3,10-11,17H2,1-2H3. The maximum Gasteiger partial charge on any atom is 0.138 e. The number of nitrogens with two attached hydrogens (primary N) is 1. The topological polar surface area (TPSA) is 51.8 Å². The molecule has 1 unspecified atom stereocenters. The summed E-state index contributed by atoms with van der Waals surface area (Å²) in [5.74, 6) is 1.66. The summed E-state index contributed by atoms with van der Waals surface area (Å²) in [5.41, 5.74) is 8.28. The van der Waals surface area contributed by atoms with Crippen LogP contribution in [-0.2, 0) is 12.2 Å². The second-order valence-electron chi connectivity index (χ2n) is 4.94. The fourth-order valence-electron chi connectivity index (χ4n) is 1.89. The van der Waals surface area contributed by atoms with Gasteiger partial charge in [-0.1, -0.05) is 24.6 Å². The van der Waals surface area contributed by atoms with E-state index in [1.165, 1.54) is 10.5 Å². The van der Waals surface area contributed by atoms with Gasteiger partial charge in [-0.05, 0) is 31.5 Å². The zero-order valence-corrected chi connectivity index (χ0v) is 12.9. The first-order valence-electron chi connectivity index (χ1n) is 6.93. The Labute approximate surface area is 125 Å². The van der Waals surface area contributed by atoms with Gasteiger partial charge in [-0.3, -0.25) is 0 Å². The van der Waals surface area contributed by atoms with Crippen LogP contribution >= 0.6 is 11.8 Å². The predicted octanol–water partition coefficient (Wildman–Crippen LogP) is 3.36. The molecule has 0 aliphatic heterocycles. The lowest BCUT2D eigenvalue weighted by molar-refractivity contribution is 0.634. The summed E-state index contributed by atoms with van der Waals surface area (Å²) in [7, 11) is 0. The highest BCUT2D eigenvalue weighted by atomic mass is 32.2. The van der Waals surface area contributed by atoms with E-state index in [1.807, 2.05) is 12.3 Å². The van der Waals surface area contributed by atoms with Crippen LogP contribution in [0.3, 0.4) is 0 Å². The van der Waals surface area contributed by atoms with Crippen molar-refractivity contribution in [3.05, 3.63) is 53.6 Å². The van der Waals surface area contributed by atoms with Crippen molar-refractivity contribution < 1.29 is 0 Å². The molecule has 0 aliphatic carbocycles. The van der Waals surface area contributed by atoms with E-state index in [0.29, 0.717) is 0 Å². The minimum Gasteiger partial charge on any atom is -0.327 e. The maximum absolute atomic E-state index is 5.97. The number of aryl methyl sites for hydroxylation is 1. The lowest BCUT2D eigenvalue weighted by Crippen LogP contribution is -2.22. The van der Waals surface area contributed by atoms with Crippen LogP contribution in [0.25, 0.3) is 0 Å². The van der Waals surface area contributed by atoms with Crippen LogP contribution in [0.15, 0.2) is 41.4 Å². The van der Waals surface area contributed by atoms with Crippen molar-refractivity contribution in [2.45, 2.75) is 43.4 Å². The van der Waals surface area contributed by atoms with Gasteiger partial charge in [0.1, 0.15) is 5.82 Å². The molecule has 0 bridgehead atoms. The van der Waals surface area contributed by atoms with E-state index in [4.69, 9.17) is 5.73 Å². The van der Waals surface area contributed by atoms with Crippen molar-refractivity contribution in [2.24, 2.45) is 5.73 Å². The third-order valence-electron chi connectivity index (χ3n) is 3.12. The van der Waals surface area contributed by atoms with Crippen molar-refractivity contribution in [3.63, 3.8) is 0 Å². The highest BCUT2D eigenvalue weighted by Gasteiger charge is 2.05. The summed E-state index contributed by atoms with van der Waals surface area (Å²) in [6.07, 6.45) is 3.62. The lowest BCUT2D eigenvalue weighted by Gasteiger charge is -2.08. The summed E-state index contributed by atoms with van der Waals surface area (Å²) in [4.78, 5) is 10.2. The summed E-state index contributed by atoms with van der Waals surface area (Å²) in [6, 6.07) is 10.6. The Morgan fingerprint density at radius 3 is 2.90 bits per heavy atom. The summed E-state index contributed by atoms with van der Waals surface area (Å²) >= 11 is 1.76. The fraction of sp³-hybridized carbons (Fsp3) is 0.375. The molecule has 1 aromatic carbocycles. The molecule has 0 saturated carbocycles. The number of hydrogen-bond acceptors (Lipinski definition) is 4. The van der Waals surface area contributed by atoms with Gasteiger partial charge < -0.3 is 5.73 Å². The highest BCUT2D eigenvalue weighted by Crippen LogP contribution is 2.22. The molecule has 0 radical (unpaired) electrons. The Kier molecular flexibility index (Phi) is 5.56. The molecule has 2 aromatic rings. The van der Waals surface area contributed by atoms with Crippen molar-refractivity contribution in [1.29, 1.82) is 0 Å². The minimum atomic E-state index is 0.183. The average Bonchev–Trinajstić information content (AvgIpc) is 2.45. The molecule has 1 atom stereocenters. The Morgan fingerprint density at radius 2 is 2.15 bits per heavy atom. The van der Waals surface area contributed by atoms with E-state index in [1.54, 1.807) is 11.8 Å². The van der Waals surface area contributed by atoms with E-state index in [9.17, 15) is 0 Å². The third-order valence-corrected chi connectivity index (χ3v) is 4.11. The predicted molar refractivity (Wildman–Crippen MR) is 84.7 cm³/mol. The van der Waals surface area contributed by atoms with E-state index in [0.717, 1.165) is 30.1 Å². The molecular weight excluding hydrogens is 266 g/mol. The van der Waals surface area contributed by atoms with Crippen LogP contribution in [0, 0.1) is 6.92 Å². The van der Waals surface area contributed by atoms with Crippen molar-refractivity contribution >= 4 is 11.8 Å². The van der Waals surface area contributed by atoms with E-state index < -0.39 is 0 Å². The Bertz CT molecular complexity index is 557. The van der Waals surface area contributed by atoms with Gasteiger partial charge in [-0.15, -0.1) is 11.8 Å². The van der Waals surface area contributed by atoms with Crippen molar-refractivity contribution in [1.82, 2.24) is 9.97 Å². The van der Waals surface area contributed by atoms with Gasteiger partial charge in [0.2, 0.25) is 0 Å². The molecule has 0 amide bonds. The van der Waals surface area contributed by atoms with E-state index in [2.05, 4.69) is 48.1 Å². The Morgan fingerprint density at radius 1 is 1.30 bits per heavy atom. The van der Waals surface area contributed by atoms with E-state index in [-0.39, 0.29) is 6.04 Å². The molecule has 4 heteroatoms. The van der Waals surface area contributed by atoms with Gasteiger partial charge in [0, 0.05) is 29.2 Å². The number of thioether (sulfide) groups is 1. The van der Waals surface area contributed by atoms with Crippen LogP contribution in [0.4, 0.5) is 0 Å². The second-order valence-corrected chi connectivity index (χ2v) is 5.99. The zero-order chi connectivity index (χ0) is 14.4. The van der Waals surface area contributed by atoms with Gasteiger partial charge in [0.25, 0.3) is 0 Å². The molecule has 1 heterocycles. The van der Waals surface area contributed by atoms with E-state index >= 15 is 0 Å². The summed E-state index contributed by atoms with van der Waals surface area (Å²) < 4.78 is 0. The number of benzene rings is 1. The van der Waals surface area contributed by atoms with Gasteiger partial charge in [0.15, 0.2) is 0 Å². The van der Waals surface area contributed by atoms with Crippen LogP contribution < -0.4 is 5.73 Å². The van der Waals surface area contributed by atoms with Gasteiger partial charge in [-0.2, -0.15) is 0 Å². The van der Waals surface area contributed by atoms with Gasteiger partial charge >= 0.3 is 0 Å². The summed E-state index contributed by atoms with van der Waals surface area (Å²) in [5, 5.41) is 0. The molecule has 0 fully saturated rings. The number of hydrogen-bond donors (Lipinski definition) is 1. The molecule has 1 aromatic heterocycles. The quantitative estimate of drug-likeness (QED) is 0.828. The van der Waals surface area contributed by atoms with Crippen LogP contribution in [-0.4, -0.2) is 16.0 Å². The monoisotopic (exact) mass is 287 g/mol. The first-order valence-corrected chi connectivity index (χ1v) is 7.91. The first kappa shape index (κ1) is 15.0. The molecule has 0 saturated heterocycles. The largest absolute Gasteiger partial charge is 0.327 e. The first-order chi connectivity index (χ1) is 9.67. The number of aromatic nitrogens is 2. The number of rotatable bonds is 6.